The van der Waals surface area contributed by atoms with Crippen LogP contribution < -0.4 is 5.43 Å². The molecule has 1 N–H and O–H groups in total. The van der Waals surface area contributed by atoms with Crippen LogP contribution in [-0.4, -0.2) is 28.0 Å². The molecule has 3 heterocycles. The number of likely N-dealkylation sites (tertiary alicyclic amines) is 1. The minimum Gasteiger partial charge on any atom is -0.362 e. The number of H-pyrrole nitrogens is 1. The van der Waals surface area contributed by atoms with E-state index in [1.54, 1.807) is 18.2 Å². The predicted molar refractivity (Wildman–Crippen MR) is 83.2 cm³/mol. The number of aryl methyl sites for hydroxylation is 1. The molecule has 0 saturated carbocycles. The van der Waals surface area contributed by atoms with E-state index < -0.39 is 0 Å². The molecule has 22 heavy (non-hydrogen) atoms. The third-order valence-corrected chi connectivity index (χ3v) is 4.12. The Labute approximate surface area is 129 Å². The van der Waals surface area contributed by atoms with Crippen molar-refractivity contribution >= 4 is 0 Å². The molecule has 0 radical (unpaired) electrons. The lowest BCUT2D eigenvalue weighted by molar-refractivity contribution is 0.196. The zero-order valence-corrected chi connectivity index (χ0v) is 12.7. The van der Waals surface area contributed by atoms with Gasteiger partial charge in [-0.1, -0.05) is 0 Å². The third-order valence-electron chi connectivity index (χ3n) is 4.12. The maximum atomic E-state index is 12.9. The van der Waals surface area contributed by atoms with Crippen molar-refractivity contribution in [3.63, 3.8) is 0 Å². The van der Waals surface area contributed by atoms with Crippen LogP contribution in [0.2, 0.25) is 0 Å². The lowest BCUT2D eigenvalue weighted by Gasteiger charge is -2.32. The van der Waals surface area contributed by atoms with Gasteiger partial charge in [0.1, 0.15) is 5.82 Å². The Hall–Kier alpha value is -2.01. The number of nitrogens with one attached hydrogen (secondary N) is 1. The van der Waals surface area contributed by atoms with E-state index in [4.69, 9.17) is 0 Å². The Morgan fingerprint density at radius 2 is 2.27 bits per heavy atom. The molecule has 0 aliphatic carbocycles. The summed E-state index contributed by atoms with van der Waals surface area (Å²) in [5, 5.41) is 0. The summed E-state index contributed by atoms with van der Waals surface area (Å²) in [4.78, 5) is 21.4. The summed E-state index contributed by atoms with van der Waals surface area (Å²) >= 11 is 0. The van der Waals surface area contributed by atoms with Gasteiger partial charge in [0, 0.05) is 42.5 Å². The van der Waals surface area contributed by atoms with Crippen LogP contribution in [0.5, 0.6) is 0 Å². The van der Waals surface area contributed by atoms with Crippen molar-refractivity contribution in [3.05, 3.63) is 63.6 Å². The van der Waals surface area contributed by atoms with Gasteiger partial charge in [-0.05, 0) is 38.4 Å². The van der Waals surface area contributed by atoms with Crippen LogP contribution in [0, 0.1) is 12.7 Å². The third kappa shape index (κ3) is 3.60. The molecule has 4 nitrogen and oxygen atoms in total. The summed E-state index contributed by atoms with van der Waals surface area (Å²) in [7, 11) is 0. The monoisotopic (exact) mass is 301 g/mol. The molecule has 1 unspecified atom stereocenters. The van der Waals surface area contributed by atoms with Gasteiger partial charge >= 0.3 is 0 Å². The lowest BCUT2D eigenvalue weighted by atomic mass is 9.94. The molecule has 1 aliphatic rings. The van der Waals surface area contributed by atoms with Gasteiger partial charge in [-0.15, -0.1) is 0 Å². The van der Waals surface area contributed by atoms with E-state index in [2.05, 4.69) is 14.9 Å². The normalized spacial score (nSPS) is 19.3. The van der Waals surface area contributed by atoms with Gasteiger partial charge in [0.05, 0.1) is 11.9 Å². The standard InChI is InChI=1S/C17H20FN3O/c1-12-7-16(22)8-17(20-12)13-3-2-6-21(10-13)11-15-5-4-14(18)9-19-15/h4-5,7-9,13H,2-3,6,10-11H2,1H3,(H,20,22). The van der Waals surface area contributed by atoms with Crippen LogP contribution in [0.4, 0.5) is 4.39 Å². The molecule has 5 heteroatoms. The van der Waals surface area contributed by atoms with Crippen molar-refractivity contribution in [2.75, 3.05) is 13.1 Å². The number of rotatable bonds is 3. The molecular formula is C17H20FN3O. The highest BCUT2D eigenvalue weighted by Crippen LogP contribution is 2.25. The maximum Gasteiger partial charge on any atom is 0.182 e. The predicted octanol–water partition coefficient (Wildman–Crippen LogP) is 2.60. The highest BCUT2D eigenvalue weighted by Gasteiger charge is 2.22. The van der Waals surface area contributed by atoms with Gasteiger partial charge in [-0.3, -0.25) is 14.7 Å². The van der Waals surface area contributed by atoms with Crippen molar-refractivity contribution in [3.8, 4) is 0 Å². The largest absolute Gasteiger partial charge is 0.362 e. The summed E-state index contributed by atoms with van der Waals surface area (Å²) < 4.78 is 12.9. The van der Waals surface area contributed by atoms with Crippen LogP contribution in [0.1, 0.15) is 35.8 Å². The number of aromatic amines is 1. The van der Waals surface area contributed by atoms with Gasteiger partial charge in [0.2, 0.25) is 0 Å². The first-order valence-corrected chi connectivity index (χ1v) is 7.64. The van der Waals surface area contributed by atoms with Gasteiger partial charge in [-0.25, -0.2) is 4.39 Å². The first-order chi connectivity index (χ1) is 10.6. The SMILES string of the molecule is Cc1cc(=O)cc(C2CCCN(Cc3ccc(F)cn3)C2)[nH]1. The molecular weight excluding hydrogens is 281 g/mol. The number of hydrogen-bond acceptors (Lipinski definition) is 3. The second-order valence-corrected chi connectivity index (χ2v) is 6.00. The van der Waals surface area contributed by atoms with Gasteiger partial charge < -0.3 is 4.98 Å². The van der Waals surface area contributed by atoms with Crippen molar-refractivity contribution in [1.29, 1.82) is 0 Å². The fraction of sp³-hybridized carbons (Fsp3) is 0.412. The van der Waals surface area contributed by atoms with Crippen LogP contribution in [-0.2, 0) is 6.54 Å². The van der Waals surface area contributed by atoms with Crippen LogP contribution in [0.3, 0.4) is 0 Å². The van der Waals surface area contributed by atoms with Crippen molar-refractivity contribution in [2.24, 2.45) is 0 Å². The van der Waals surface area contributed by atoms with Crippen LogP contribution in [0.15, 0.2) is 35.3 Å². The van der Waals surface area contributed by atoms with E-state index >= 15 is 0 Å². The summed E-state index contributed by atoms with van der Waals surface area (Å²) in [5.74, 6) is 0.0272. The highest BCUT2D eigenvalue weighted by molar-refractivity contribution is 5.16. The molecule has 0 aromatic carbocycles. The Morgan fingerprint density at radius 1 is 1.41 bits per heavy atom. The Bertz CT molecular complexity index is 696. The van der Waals surface area contributed by atoms with E-state index in [-0.39, 0.29) is 11.2 Å². The molecule has 116 valence electrons. The molecule has 2 aromatic heterocycles. The zero-order valence-electron chi connectivity index (χ0n) is 12.7. The average molecular weight is 301 g/mol. The van der Waals surface area contributed by atoms with E-state index in [0.717, 1.165) is 43.0 Å². The van der Waals surface area contributed by atoms with Gasteiger partial charge in [0.15, 0.2) is 5.43 Å². The molecule has 2 aromatic rings. The summed E-state index contributed by atoms with van der Waals surface area (Å²) in [6, 6.07) is 6.50. The number of piperidine rings is 1. The molecule has 0 spiro atoms. The van der Waals surface area contributed by atoms with E-state index in [1.165, 1.54) is 12.3 Å². The fourth-order valence-electron chi connectivity index (χ4n) is 3.11. The zero-order chi connectivity index (χ0) is 15.5. The number of nitrogens with zero attached hydrogens (tertiary/aromatic N) is 2. The fourth-order valence-corrected chi connectivity index (χ4v) is 3.11. The Balaban J connectivity index is 1.71. The Morgan fingerprint density at radius 3 is 3.00 bits per heavy atom. The topological polar surface area (TPSA) is 49.0 Å². The van der Waals surface area contributed by atoms with E-state index in [1.807, 2.05) is 6.92 Å². The number of pyridine rings is 2. The first kappa shape index (κ1) is 14.9. The minimum atomic E-state index is -0.308. The quantitative estimate of drug-likeness (QED) is 0.948. The average Bonchev–Trinajstić information content (AvgIpc) is 2.49. The molecule has 1 fully saturated rings. The molecule has 1 aliphatic heterocycles. The van der Waals surface area contributed by atoms with E-state index in [9.17, 15) is 9.18 Å². The van der Waals surface area contributed by atoms with Gasteiger partial charge in [-0.2, -0.15) is 0 Å². The Kier molecular flexibility index (Phi) is 4.34. The lowest BCUT2D eigenvalue weighted by Crippen LogP contribution is -2.34. The smallest absolute Gasteiger partial charge is 0.182 e. The molecule has 0 amide bonds. The molecule has 3 rings (SSSR count). The van der Waals surface area contributed by atoms with E-state index in [0.29, 0.717) is 12.5 Å². The second kappa shape index (κ2) is 6.40. The van der Waals surface area contributed by atoms with Gasteiger partial charge in [0.25, 0.3) is 0 Å². The highest BCUT2D eigenvalue weighted by atomic mass is 19.1. The summed E-state index contributed by atoms with van der Waals surface area (Å²) in [6.07, 6.45) is 3.42. The number of halogens is 1. The van der Waals surface area contributed by atoms with Crippen molar-refractivity contribution < 1.29 is 4.39 Å². The van der Waals surface area contributed by atoms with Crippen LogP contribution >= 0.6 is 0 Å². The second-order valence-electron chi connectivity index (χ2n) is 6.00. The maximum absolute atomic E-state index is 12.9. The molecule has 0 bridgehead atoms. The summed E-state index contributed by atoms with van der Waals surface area (Å²) in [5.41, 5.74) is 2.85. The summed E-state index contributed by atoms with van der Waals surface area (Å²) in [6.45, 7) is 4.52. The number of hydrogen-bond donors (Lipinski definition) is 1. The van der Waals surface area contributed by atoms with Crippen molar-refractivity contribution in [2.45, 2.75) is 32.2 Å². The number of aromatic nitrogens is 2. The first-order valence-electron chi connectivity index (χ1n) is 7.64. The van der Waals surface area contributed by atoms with Crippen molar-refractivity contribution in [1.82, 2.24) is 14.9 Å². The van der Waals surface area contributed by atoms with Crippen LogP contribution in [0.25, 0.3) is 0 Å². The molecule has 1 atom stereocenters. The molecule has 1 saturated heterocycles. The minimum absolute atomic E-state index is 0.0589.